The molecule has 4 bridgehead atoms. The van der Waals surface area contributed by atoms with Gasteiger partial charge >= 0.3 is 0 Å². The van der Waals surface area contributed by atoms with Gasteiger partial charge in [-0.15, -0.1) is 0 Å². The van der Waals surface area contributed by atoms with Crippen molar-refractivity contribution < 1.29 is 15.3 Å². The Morgan fingerprint density at radius 1 is 1.00 bits per heavy atom. The van der Waals surface area contributed by atoms with E-state index < -0.39 is 11.4 Å². The van der Waals surface area contributed by atoms with Gasteiger partial charge in [-0.25, -0.2) is 0 Å². The zero-order valence-corrected chi connectivity index (χ0v) is 11.3. The fourth-order valence-electron chi connectivity index (χ4n) is 4.99. The van der Waals surface area contributed by atoms with Crippen molar-refractivity contribution in [3.8, 4) is 0 Å². The molecule has 4 saturated carbocycles. The molecule has 0 saturated heterocycles. The van der Waals surface area contributed by atoms with Crippen LogP contribution in [-0.4, -0.2) is 26.7 Å². The van der Waals surface area contributed by atoms with Crippen LogP contribution in [0.2, 0.25) is 0 Å². The van der Waals surface area contributed by atoms with Gasteiger partial charge in [-0.3, -0.25) is 0 Å². The van der Waals surface area contributed by atoms with Crippen molar-refractivity contribution in [2.45, 2.75) is 69.7 Å². The molecule has 3 heteroatoms. The van der Waals surface area contributed by atoms with E-state index in [-0.39, 0.29) is 0 Å². The first-order chi connectivity index (χ1) is 8.43. The molecule has 0 spiro atoms. The molecule has 3 N–H and O–H groups in total. The van der Waals surface area contributed by atoms with Crippen molar-refractivity contribution in [3.05, 3.63) is 0 Å². The van der Waals surface area contributed by atoms with E-state index in [1.807, 2.05) is 0 Å². The molecular weight excluding hydrogens is 228 g/mol. The Morgan fingerprint density at radius 3 is 1.94 bits per heavy atom. The molecule has 18 heavy (non-hydrogen) atoms. The van der Waals surface area contributed by atoms with E-state index in [2.05, 4.69) is 0 Å². The van der Waals surface area contributed by atoms with Gasteiger partial charge in [0.1, 0.15) is 0 Å². The predicted octanol–water partition coefficient (Wildman–Crippen LogP) is 2.04. The normalized spacial score (nSPS) is 46.7. The molecule has 3 nitrogen and oxygen atoms in total. The number of rotatable bonds is 4. The highest BCUT2D eigenvalue weighted by Gasteiger charge is 2.56. The summed E-state index contributed by atoms with van der Waals surface area (Å²) in [5, 5.41) is 30.5. The van der Waals surface area contributed by atoms with Crippen LogP contribution in [0.3, 0.4) is 0 Å². The second-order valence-electron chi connectivity index (χ2n) is 7.13. The van der Waals surface area contributed by atoms with E-state index >= 15 is 0 Å². The minimum Gasteiger partial charge on any atom is -0.389 e. The van der Waals surface area contributed by atoms with Crippen molar-refractivity contribution in [1.29, 1.82) is 0 Å². The summed E-state index contributed by atoms with van der Waals surface area (Å²) in [6.45, 7) is 1.78. The maximum atomic E-state index is 11.0. The highest BCUT2D eigenvalue weighted by molar-refractivity contribution is 5.07. The molecule has 0 aromatic rings. The van der Waals surface area contributed by atoms with Gasteiger partial charge < -0.3 is 15.3 Å². The minimum atomic E-state index is -1.59. The van der Waals surface area contributed by atoms with E-state index in [1.165, 1.54) is 32.1 Å². The molecule has 0 amide bonds. The molecule has 4 aliphatic rings. The Bertz CT molecular complexity index is 296. The van der Waals surface area contributed by atoms with Crippen molar-refractivity contribution in [1.82, 2.24) is 0 Å². The van der Waals surface area contributed by atoms with Crippen molar-refractivity contribution in [3.63, 3.8) is 0 Å². The Balaban J connectivity index is 1.70. The first-order valence-corrected chi connectivity index (χ1v) is 7.60. The molecule has 0 atom stereocenters. The monoisotopic (exact) mass is 254 g/mol. The maximum absolute atomic E-state index is 11.0. The van der Waals surface area contributed by atoms with E-state index in [1.54, 1.807) is 6.92 Å². The highest BCUT2D eigenvalue weighted by Crippen LogP contribution is 2.59. The molecule has 4 rings (SSSR count). The van der Waals surface area contributed by atoms with Crippen LogP contribution in [0.4, 0.5) is 0 Å². The number of aliphatic hydroxyl groups is 3. The summed E-state index contributed by atoms with van der Waals surface area (Å²) in [5.41, 5.74) is -0.612. The highest BCUT2D eigenvalue weighted by atomic mass is 16.5. The van der Waals surface area contributed by atoms with Gasteiger partial charge in [0.25, 0.3) is 0 Å². The van der Waals surface area contributed by atoms with Crippen LogP contribution >= 0.6 is 0 Å². The Kier molecular flexibility index (Phi) is 3.00. The zero-order chi connectivity index (χ0) is 13.0. The van der Waals surface area contributed by atoms with Crippen LogP contribution in [0.5, 0.6) is 0 Å². The summed E-state index contributed by atoms with van der Waals surface area (Å²) >= 11 is 0. The van der Waals surface area contributed by atoms with Gasteiger partial charge in [-0.2, -0.15) is 0 Å². The summed E-state index contributed by atoms with van der Waals surface area (Å²) in [5.74, 6) is 0.923. The third-order valence-electron chi connectivity index (χ3n) is 6.04. The fraction of sp³-hybridized carbons (Fsp3) is 1.00. The minimum absolute atomic E-state index is 0.308. The van der Waals surface area contributed by atoms with Crippen LogP contribution in [0.15, 0.2) is 0 Å². The van der Waals surface area contributed by atoms with Gasteiger partial charge in [0.15, 0.2) is 5.79 Å². The average Bonchev–Trinajstić information content (AvgIpc) is 2.33. The first kappa shape index (κ1) is 12.9. The van der Waals surface area contributed by atoms with Gasteiger partial charge in [0.2, 0.25) is 0 Å². The van der Waals surface area contributed by atoms with Crippen LogP contribution in [0.1, 0.15) is 58.3 Å². The molecular formula is C15H26O3. The molecule has 104 valence electrons. The van der Waals surface area contributed by atoms with Crippen molar-refractivity contribution >= 4 is 0 Å². The quantitative estimate of drug-likeness (QED) is 0.673. The van der Waals surface area contributed by atoms with E-state index in [9.17, 15) is 15.3 Å². The molecule has 4 aliphatic carbocycles. The molecule has 0 aromatic heterocycles. The molecule has 0 unspecified atom stereocenters. The Morgan fingerprint density at radius 2 is 1.50 bits per heavy atom. The Hall–Kier alpha value is -0.120. The van der Waals surface area contributed by atoms with E-state index in [0.717, 1.165) is 11.8 Å². The zero-order valence-electron chi connectivity index (χ0n) is 11.3. The first-order valence-electron chi connectivity index (χ1n) is 7.60. The lowest BCUT2D eigenvalue weighted by atomic mass is 9.49. The maximum Gasteiger partial charge on any atom is 0.162 e. The largest absolute Gasteiger partial charge is 0.389 e. The molecule has 0 aromatic carbocycles. The smallest absolute Gasteiger partial charge is 0.162 e. The van der Waals surface area contributed by atoms with Gasteiger partial charge in [-0.1, -0.05) is 6.92 Å². The lowest BCUT2D eigenvalue weighted by Gasteiger charge is -2.59. The Labute approximate surface area is 109 Å². The second kappa shape index (κ2) is 4.19. The molecule has 4 fully saturated rings. The predicted molar refractivity (Wildman–Crippen MR) is 68.7 cm³/mol. The van der Waals surface area contributed by atoms with Gasteiger partial charge in [0.05, 0.1) is 5.60 Å². The third kappa shape index (κ3) is 2.00. The van der Waals surface area contributed by atoms with Gasteiger partial charge in [0, 0.05) is 6.42 Å². The third-order valence-corrected chi connectivity index (χ3v) is 6.04. The average molecular weight is 254 g/mol. The van der Waals surface area contributed by atoms with E-state index in [4.69, 9.17) is 0 Å². The lowest BCUT2D eigenvalue weighted by Crippen LogP contribution is -2.58. The van der Waals surface area contributed by atoms with Gasteiger partial charge in [-0.05, 0) is 68.6 Å². The van der Waals surface area contributed by atoms with Crippen molar-refractivity contribution in [2.24, 2.45) is 23.7 Å². The lowest BCUT2D eigenvalue weighted by molar-refractivity contribution is -0.209. The summed E-state index contributed by atoms with van der Waals surface area (Å²) in [6.07, 6.45) is 7.24. The van der Waals surface area contributed by atoms with Crippen LogP contribution in [0.25, 0.3) is 0 Å². The van der Waals surface area contributed by atoms with Crippen LogP contribution in [0, 0.1) is 23.7 Å². The van der Waals surface area contributed by atoms with E-state index in [0.29, 0.717) is 31.1 Å². The summed E-state index contributed by atoms with van der Waals surface area (Å²) in [6, 6.07) is 0. The SMILES string of the molecule is CCC(O)(O)CCC1(O)C2CC3CC(C2)CC1C3. The second-order valence-corrected chi connectivity index (χ2v) is 7.13. The summed E-state index contributed by atoms with van der Waals surface area (Å²) in [4.78, 5) is 0. The van der Waals surface area contributed by atoms with Crippen molar-refractivity contribution in [2.75, 3.05) is 0 Å². The number of hydrogen-bond donors (Lipinski definition) is 3. The molecule has 0 heterocycles. The number of hydrogen-bond acceptors (Lipinski definition) is 3. The summed E-state index contributed by atoms with van der Waals surface area (Å²) in [7, 11) is 0. The fourth-order valence-corrected chi connectivity index (χ4v) is 4.99. The standard InChI is InChI=1S/C15H26O3/c1-2-14(16,17)3-4-15(18)12-6-10-5-11(8-12)9-13(15)7-10/h10-13,16-18H,2-9H2,1H3. The van der Waals surface area contributed by atoms with Crippen LogP contribution in [-0.2, 0) is 0 Å². The van der Waals surface area contributed by atoms with Crippen LogP contribution < -0.4 is 0 Å². The molecule has 0 radical (unpaired) electrons. The topological polar surface area (TPSA) is 60.7 Å². The molecule has 0 aliphatic heterocycles. The summed E-state index contributed by atoms with van der Waals surface area (Å²) < 4.78 is 0.